The van der Waals surface area contributed by atoms with Gasteiger partial charge in [-0.3, -0.25) is 0 Å². The average Bonchev–Trinajstić information content (AvgIpc) is 2.63. The summed E-state index contributed by atoms with van der Waals surface area (Å²) in [6, 6.07) is 28.0. The Morgan fingerprint density at radius 3 is 1.67 bits per heavy atom. The predicted octanol–water partition coefficient (Wildman–Crippen LogP) is 5.32. The number of hydrogen-bond donors (Lipinski definition) is 1. The third-order valence-corrected chi connectivity index (χ3v) is 3.91. The second-order valence-corrected chi connectivity index (χ2v) is 5.92. The number of hydrogen-bond acceptors (Lipinski definition) is 3. The van der Waals surface area contributed by atoms with Crippen molar-refractivity contribution in [1.29, 1.82) is 0 Å². The SMILES string of the molecule is O=[P+](O)OCc1ccc(N(c2ccccc2)c2ccccc2)cc1. The minimum Gasteiger partial charge on any atom is -0.311 e. The fourth-order valence-corrected chi connectivity index (χ4v) is 2.73. The summed E-state index contributed by atoms with van der Waals surface area (Å²) < 4.78 is 15.4. The lowest BCUT2D eigenvalue weighted by Crippen LogP contribution is -2.09. The van der Waals surface area contributed by atoms with Crippen LogP contribution in [-0.4, -0.2) is 4.89 Å². The first-order valence-corrected chi connectivity index (χ1v) is 8.65. The van der Waals surface area contributed by atoms with Crippen molar-refractivity contribution in [2.45, 2.75) is 6.61 Å². The average molecular weight is 338 g/mol. The van der Waals surface area contributed by atoms with E-state index < -0.39 is 8.25 Å². The van der Waals surface area contributed by atoms with Gasteiger partial charge in [-0.2, -0.15) is 0 Å². The number of para-hydroxylation sites is 2. The van der Waals surface area contributed by atoms with Crippen LogP contribution >= 0.6 is 8.25 Å². The molecule has 0 heterocycles. The highest BCUT2D eigenvalue weighted by Crippen LogP contribution is 2.34. The van der Waals surface area contributed by atoms with Crippen molar-refractivity contribution >= 4 is 25.3 Å². The van der Waals surface area contributed by atoms with Crippen molar-refractivity contribution < 1.29 is 14.0 Å². The van der Waals surface area contributed by atoms with Gasteiger partial charge in [0.2, 0.25) is 0 Å². The largest absolute Gasteiger partial charge is 0.695 e. The maximum atomic E-state index is 10.6. The molecule has 0 amide bonds. The highest BCUT2D eigenvalue weighted by molar-refractivity contribution is 7.32. The predicted molar refractivity (Wildman–Crippen MR) is 95.7 cm³/mol. The molecule has 24 heavy (non-hydrogen) atoms. The third kappa shape index (κ3) is 4.06. The van der Waals surface area contributed by atoms with Crippen molar-refractivity contribution in [2.75, 3.05) is 4.90 Å². The van der Waals surface area contributed by atoms with Gasteiger partial charge in [-0.1, -0.05) is 48.5 Å². The highest BCUT2D eigenvalue weighted by atomic mass is 31.1. The standard InChI is InChI=1S/C19H16NO3P/c21-24(22)23-15-16-11-13-19(14-12-16)20(17-7-3-1-4-8-17)18-9-5-2-6-10-18/h1-14H,15H2/p+1. The van der Waals surface area contributed by atoms with Crippen LogP contribution in [0.4, 0.5) is 17.1 Å². The van der Waals surface area contributed by atoms with Gasteiger partial charge in [0.05, 0.1) is 0 Å². The summed E-state index contributed by atoms with van der Waals surface area (Å²) in [4.78, 5) is 10.9. The molecule has 1 unspecified atom stereocenters. The van der Waals surface area contributed by atoms with Gasteiger partial charge in [0.15, 0.2) is 0 Å². The van der Waals surface area contributed by atoms with Gasteiger partial charge < -0.3 is 4.90 Å². The molecule has 0 radical (unpaired) electrons. The van der Waals surface area contributed by atoms with Crippen molar-refractivity contribution in [1.82, 2.24) is 0 Å². The molecule has 5 heteroatoms. The smallest absolute Gasteiger partial charge is 0.311 e. The van der Waals surface area contributed by atoms with Gasteiger partial charge in [-0.25, -0.2) is 0 Å². The summed E-state index contributed by atoms with van der Waals surface area (Å²) in [5.41, 5.74) is 3.97. The number of anilines is 3. The molecule has 0 bridgehead atoms. The van der Waals surface area contributed by atoms with Crippen LogP contribution in [0.5, 0.6) is 0 Å². The zero-order valence-corrected chi connectivity index (χ0v) is 13.8. The normalized spacial score (nSPS) is 11.1. The Morgan fingerprint density at radius 1 is 0.750 bits per heavy atom. The lowest BCUT2D eigenvalue weighted by molar-refractivity contribution is 0.272. The maximum absolute atomic E-state index is 10.6. The summed E-state index contributed by atoms with van der Waals surface area (Å²) >= 11 is 0. The topological polar surface area (TPSA) is 49.8 Å². The van der Waals surface area contributed by atoms with Crippen LogP contribution in [0.2, 0.25) is 0 Å². The Kier molecular flexibility index (Phi) is 5.34. The summed E-state index contributed by atoms with van der Waals surface area (Å²) in [5, 5.41) is 0. The van der Waals surface area contributed by atoms with E-state index in [4.69, 9.17) is 9.42 Å². The molecule has 3 rings (SSSR count). The lowest BCUT2D eigenvalue weighted by Gasteiger charge is -2.25. The van der Waals surface area contributed by atoms with E-state index in [0.717, 1.165) is 22.6 Å². The number of nitrogens with zero attached hydrogens (tertiary/aromatic N) is 1. The molecular weight excluding hydrogens is 321 g/mol. The molecular formula is C19H17NO3P+. The Morgan fingerprint density at radius 2 is 1.21 bits per heavy atom. The molecule has 0 saturated heterocycles. The van der Waals surface area contributed by atoms with Gasteiger partial charge >= 0.3 is 8.25 Å². The van der Waals surface area contributed by atoms with E-state index in [1.165, 1.54) is 0 Å². The number of rotatable bonds is 6. The minimum atomic E-state index is -2.58. The Bertz CT molecular complexity index is 752. The molecule has 0 saturated carbocycles. The lowest BCUT2D eigenvalue weighted by atomic mass is 10.1. The second kappa shape index (κ2) is 7.84. The highest BCUT2D eigenvalue weighted by Gasteiger charge is 2.14. The Labute approximate surface area is 141 Å². The molecule has 0 spiro atoms. The van der Waals surface area contributed by atoms with Crippen LogP contribution < -0.4 is 4.90 Å². The quantitative estimate of drug-likeness (QED) is 0.618. The van der Waals surface area contributed by atoms with Crippen LogP contribution in [-0.2, 0) is 15.7 Å². The van der Waals surface area contributed by atoms with E-state index >= 15 is 0 Å². The van der Waals surface area contributed by atoms with Crippen molar-refractivity contribution in [2.24, 2.45) is 0 Å². The van der Waals surface area contributed by atoms with Crippen LogP contribution in [0.15, 0.2) is 84.9 Å². The maximum Gasteiger partial charge on any atom is 0.695 e. The summed E-state index contributed by atoms with van der Waals surface area (Å²) in [7, 11) is -2.58. The van der Waals surface area contributed by atoms with Gasteiger partial charge in [-0.15, -0.1) is 9.42 Å². The van der Waals surface area contributed by atoms with E-state index in [-0.39, 0.29) is 6.61 Å². The molecule has 120 valence electrons. The van der Waals surface area contributed by atoms with E-state index in [1.54, 1.807) is 0 Å². The number of benzene rings is 3. The summed E-state index contributed by atoms with van der Waals surface area (Å²) in [6.45, 7) is 0.114. The Balaban J connectivity index is 1.93. The van der Waals surface area contributed by atoms with Crippen molar-refractivity contribution in [3.8, 4) is 0 Å². The van der Waals surface area contributed by atoms with Gasteiger partial charge in [0.1, 0.15) is 6.61 Å². The van der Waals surface area contributed by atoms with Gasteiger partial charge in [0.25, 0.3) is 0 Å². The van der Waals surface area contributed by atoms with Crippen molar-refractivity contribution in [3.05, 3.63) is 90.5 Å². The van der Waals surface area contributed by atoms with E-state index in [1.807, 2.05) is 60.7 Å². The van der Waals surface area contributed by atoms with Crippen LogP contribution in [0.1, 0.15) is 5.56 Å². The molecule has 0 aliphatic carbocycles. The first-order valence-electron chi connectivity index (χ1n) is 7.52. The first-order chi connectivity index (χ1) is 11.7. The van der Waals surface area contributed by atoms with Crippen molar-refractivity contribution in [3.63, 3.8) is 0 Å². The Hall–Kier alpha value is -2.52. The van der Waals surface area contributed by atoms with Crippen LogP contribution in [0.25, 0.3) is 0 Å². The van der Waals surface area contributed by atoms with Crippen LogP contribution in [0, 0.1) is 0 Å². The molecule has 3 aromatic rings. The molecule has 1 N–H and O–H groups in total. The first kappa shape index (κ1) is 16.3. The van der Waals surface area contributed by atoms with E-state index in [2.05, 4.69) is 29.2 Å². The van der Waals surface area contributed by atoms with E-state index in [0.29, 0.717) is 0 Å². The molecule has 0 aliphatic heterocycles. The fourth-order valence-electron chi connectivity index (χ4n) is 2.47. The molecule has 0 aliphatic rings. The molecule has 0 fully saturated rings. The van der Waals surface area contributed by atoms with E-state index in [9.17, 15) is 4.57 Å². The third-order valence-electron chi connectivity index (χ3n) is 3.56. The minimum absolute atomic E-state index is 0.114. The summed E-state index contributed by atoms with van der Waals surface area (Å²) in [6.07, 6.45) is 0. The zero-order chi connectivity index (χ0) is 16.8. The molecule has 0 aromatic heterocycles. The second-order valence-electron chi connectivity index (χ2n) is 5.18. The van der Waals surface area contributed by atoms with Gasteiger partial charge in [-0.05, 0) is 42.0 Å². The van der Waals surface area contributed by atoms with Crippen LogP contribution in [0.3, 0.4) is 0 Å². The monoisotopic (exact) mass is 338 g/mol. The zero-order valence-electron chi connectivity index (χ0n) is 12.9. The molecule has 3 aromatic carbocycles. The summed E-state index contributed by atoms with van der Waals surface area (Å²) in [5.74, 6) is 0. The molecule has 4 nitrogen and oxygen atoms in total. The fraction of sp³-hybridized carbons (Fsp3) is 0.0526. The van der Waals surface area contributed by atoms with Gasteiger partial charge in [0, 0.05) is 21.6 Å². The molecule has 1 atom stereocenters.